The van der Waals surface area contributed by atoms with Crippen molar-refractivity contribution in [2.75, 3.05) is 11.3 Å². The number of aromatic amines is 1. The van der Waals surface area contributed by atoms with Crippen molar-refractivity contribution in [1.29, 1.82) is 0 Å². The summed E-state index contributed by atoms with van der Waals surface area (Å²) in [6.45, 7) is 4.18. The summed E-state index contributed by atoms with van der Waals surface area (Å²) in [5, 5.41) is 2.91. The van der Waals surface area contributed by atoms with Gasteiger partial charge in [-0.1, -0.05) is 30.3 Å². The number of benzene rings is 3. The molecule has 1 atom stereocenters. The highest BCUT2D eigenvalue weighted by Crippen LogP contribution is 2.21. The minimum atomic E-state index is -3.98. The molecule has 1 aromatic heterocycles. The molecule has 0 aliphatic carbocycles. The van der Waals surface area contributed by atoms with Crippen LogP contribution in [0.5, 0.6) is 5.75 Å². The molecule has 0 radical (unpaired) electrons. The number of amides is 1. The Hall–Kier alpha value is -4.11. The molecule has 1 heterocycles. The highest BCUT2D eigenvalue weighted by Gasteiger charge is 2.19. The smallest absolute Gasteiger partial charge is 0.261 e. The number of hydrogen-bond donors (Lipinski definition) is 3. The first-order valence-corrected chi connectivity index (χ1v) is 12.5. The van der Waals surface area contributed by atoms with Crippen LogP contribution in [0.4, 0.5) is 5.69 Å². The lowest BCUT2D eigenvalue weighted by Gasteiger charge is -2.14. The average molecular weight is 492 g/mol. The Morgan fingerprint density at radius 2 is 1.74 bits per heavy atom. The predicted molar refractivity (Wildman–Crippen MR) is 135 cm³/mol. The van der Waals surface area contributed by atoms with E-state index < -0.39 is 21.4 Å². The van der Waals surface area contributed by atoms with Gasteiger partial charge in [0.15, 0.2) is 0 Å². The van der Waals surface area contributed by atoms with E-state index in [2.05, 4.69) is 15.0 Å². The van der Waals surface area contributed by atoms with Crippen molar-refractivity contribution in [3.05, 3.63) is 100 Å². The van der Waals surface area contributed by atoms with Crippen molar-refractivity contribution in [2.24, 2.45) is 0 Å². The Morgan fingerprint density at radius 3 is 2.43 bits per heavy atom. The molecule has 8 nitrogen and oxygen atoms in total. The number of ether oxygens (including phenoxy) is 1. The normalized spacial score (nSPS) is 12.2. The molecule has 4 aromatic rings. The maximum atomic E-state index is 13.1. The van der Waals surface area contributed by atoms with Crippen LogP contribution < -0.4 is 20.2 Å². The Bertz CT molecular complexity index is 1510. The molecule has 0 saturated carbocycles. The lowest BCUT2D eigenvalue weighted by molar-refractivity contribution is 0.0938. The molecule has 0 aliphatic rings. The van der Waals surface area contributed by atoms with Crippen LogP contribution in [0.1, 0.15) is 35.8 Å². The van der Waals surface area contributed by atoms with E-state index in [0.29, 0.717) is 23.6 Å². The standard InChI is InChI=1S/C26H25N3O5S/c1-3-34-20-11-9-19(10-12-20)29-35(32,33)21-13-14-24-22(15-21)25(30)23(16-27-24)26(31)28-17(2)18-7-5-4-6-8-18/h4-17,29H,3H2,1-2H3,(H,27,30)(H,28,31)/t17-/m0/s1. The number of anilines is 1. The quantitative estimate of drug-likeness (QED) is 0.341. The Labute approximate surface area is 203 Å². The van der Waals surface area contributed by atoms with Crippen molar-refractivity contribution in [2.45, 2.75) is 24.8 Å². The maximum Gasteiger partial charge on any atom is 0.261 e. The lowest BCUT2D eigenvalue weighted by atomic mass is 10.1. The summed E-state index contributed by atoms with van der Waals surface area (Å²) >= 11 is 0. The van der Waals surface area contributed by atoms with E-state index in [1.165, 1.54) is 24.4 Å². The molecule has 0 bridgehead atoms. The van der Waals surface area contributed by atoms with Crippen LogP contribution in [-0.4, -0.2) is 25.9 Å². The Kier molecular flexibility index (Phi) is 6.88. The number of hydrogen-bond acceptors (Lipinski definition) is 5. The number of H-pyrrole nitrogens is 1. The Balaban J connectivity index is 1.61. The highest BCUT2D eigenvalue weighted by molar-refractivity contribution is 7.92. The number of nitrogens with one attached hydrogen (secondary N) is 3. The van der Waals surface area contributed by atoms with Gasteiger partial charge in [-0.25, -0.2) is 8.42 Å². The van der Waals surface area contributed by atoms with Crippen LogP contribution >= 0.6 is 0 Å². The third-order valence-electron chi connectivity index (χ3n) is 5.47. The number of fused-ring (bicyclic) bond motifs is 1. The second-order valence-corrected chi connectivity index (χ2v) is 9.59. The number of pyridine rings is 1. The first-order valence-electron chi connectivity index (χ1n) is 11.1. The molecular weight excluding hydrogens is 466 g/mol. The second-order valence-electron chi connectivity index (χ2n) is 7.91. The number of aromatic nitrogens is 1. The summed E-state index contributed by atoms with van der Waals surface area (Å²) in [6, 6.07) is 19.7. The van der Waals surface area contributed by atoms with Crippen LogP contribution in [0.2, 0.25) is 0 Å². The molecule has 4 rings (SSSR count). The highest BCUT2D eigenvalue weighted by atomic mass is 32.2. The average Bonchev–Trinajstić information content (AvgIpc) is 2.85. The third-order valence-corrected chi connectivity index (χ3v) is 6.85. The SMILES string of the molecule is CCOc1ccc(NS(=O)(=O)c2ccc3[nH]cc(C(=O)N[C@@H](C)c4ccccc4)c(=O)c3c2)cc1. The zero-order valence-electron chi connectivity index (χ0n) is 19.2. The minimum Gasteiger partial charge on any atom is -0.494 e. The zero-order valence-corrected chi connectivity index (χ0v) is 20.1. The predicted octanol–water partition coefficient (Wildman–Crippen LogP) is 4.22. The topological polar surface area (TPSA) is 117 Å². The zero-order chi connectivity index (χ0) is 25.0. The lowest BCUT2D eigenvalue weighted by Crippen LogP contribution is -2.31. The van der Waals surface area contributed by atoms with Crippen LogP contribution in [0, 0.1) is 0 Å². The molecule has 0 unspecified atom stereocenters. The molecule has 35 heavy (non-hydrogen) atoms. The number of rotatable bonds is 8. The van der Waals surface area contributed by atoms with Crippen molar-refractivity contribution >= 4 is 32.5 Å². The van der Waals surface area contributed by atoms with Crippen molar-refractivity contribution in [3.63, 3.8) is 0 Å². The van der Waals surface area contributed by atoms with E-state index >= 15 is 0 Å². The second kappa shape index (κ2) is 10.0. The summed E-state index contributed by atoms with van der Waals surface area (Å²) < 4.78 is 33.8. The van der Waals surface area contributed by atoms with E-state index in [1.807, 2.05) is 44.2 Å². The molecule has 0 fully saturated rings. The van der Waals surface area contributed by atoms with E-state index in [4.69, 9.17) is 4.74 Å². The minimum absolute atomic E-state index is 0.0968. The first-order chi connectivity index (χ1) is 16.8. The molecule has 0 saturated heterocycles. The first kappa shape index (κ1) is 24.0. The van der Waals surface area contributed by atoms with Crippen molar-refractivity contribution in [1.82, 2.24) is 10.3 Å². The van der Waals surface area contributed by atoms with Gasteiger partial charge < -0.3 is 15.0 Å². The number of carbonyl (C=O) groups excluding carboxylic acids is 1. The van der Waals surface area contributed by atoms with Gasteiger partial charge in [0.2, 0.25) is 5.43 Å². The van der Waals surface area contributed by atoms with E-state index in [-0.39, 0.29) is 21.9 Å². The summed E-state index contributed by atoms with van der Waals surface area (Å²) in [5.41, 5.74) is 1.00. The maximum absolute atomic E-state index is 13.1. The van der Waals surface area contributed by atoms with Crippen LogP contribution in [-0.2, 0) is 10.0 Å². The van der Waals surface area contributed by atoms with Gasteiger partial charge in [-0.3, -0.25) is 14.3 Å². The molecule has 3 aromatic carbocycles. The Morgan fingerprint density at radius 1 is 1.03 bits per heavy atom. The van der Waals surface area contributed by atoms with Crippen molar-refractivity contribution < 1.29 is 17.9 Å². The van der Waals surface area contributed by atoms with Gasteiger partial charge in [0, 0.05) is 22.8 Å². The van der Waals surface area contributed by atoms with Gasteiger partial charge in [-0.15, -0.1) is 0 Å². The summed E-state index contributed by atoms with van der Waals surface area (Å²) in [7, 11) is -3.98. The van der Waals surface area contributed by atoms with E-state index in [9.17, 15) is 18.0 Å². The summed E-state index contributed by atoms with van der Waals surface area (Å²) in [4.78, 5) is 28.7. The van der Waals surface area contributed by atoms with Crippen LogP contribution in [0.3, 0.4) is 0 Å². The van der Waals surface area contributed by atoms with Crippen LogP contribution in [0.15, 0.2) is 88.7 Å². The van der Waals surface area contributed by atoms with Gasteiger partial charge in [0.25, 0.3) is 15.9 Å². The fourth-order valence-electron chi connectivity index (χ4n) is 3.63. The van der Waals surface area contributed by atoms with E-state index in [0.717, 1.165) is 5.56 Å². The van der Waals surface area contributed by atoms with Gasteiger partial charge >= 0.3 is 0 Å². The van der Waals surface area contributed by atoms with Gasteiger partial charge in [-0.05, 0) is 61.9 Å². The molecule has 3 N–H and O–H groups in total. The summed E-state index contributed by atoms with van der Waals surface area (Å²) in [5.74, 6) is 0.0744. The largest absolute Gasteiger partial charge is 0.494 e. The monoisotopic (exact) mass is 491 g/mol. The van der Waals surface area contributed by atoms with E-state index in [1.54, 1.807) is 24.3 Å². The number of sulfonamides is 1. The molecule has 0 aliphatic heterocycles. The summed E-state index contributed by atoms with van der Waals surface area (Å²) in [6.07, 6.45) is 1.34. The molecule has 0 spiro atoms. The molecule has 9 heteroatoms. The van der Waals surface area contributed by atoms with Crippen LogP contribution in [0.25, 0.3) is 10.9 Å². The molecule has 1 amide bonds. The molecule has 180 valence electrons. The van der Waals surface area contributed by atoms with Gasteiger partial charge in [0.1, 0.15) is 11.3 Å². The molecular formula is C26H25N3O5S. The van der Waals surface area contributed by atoms with Gasteiger partial charge in [-0.2, -0.15) is 0 Å². The van der Waals surface area contributed by atoms with Crippen molar-refractivity contribution in [3.8, 4) is 5.75 Å². The fourth-order valence-corrected chi connectivity index (χ4v) is 4.72. The fraction of sp³-hybridized carbons (Fsp3) is 0.154. The third kappa shape index (κ3) is 5.36. The number of carbonyl (C=O) groups is 1. The van der Waals surface area contributed by atoms with Gasteiger partial charge in [0.05, 0.1) is 17.5 Å².